The lowest BCUT2D eigenvalue weighted by molar-refractivity contribution is 1.17. The molecule has 0 radical (unpaired) electrons. The second kappa shape index (κ2) is 3.78. The third kappa shape index (κ3) is 1.64. The standard InChI is InChI=1S/C12H10N4S/c1-7-9-10(13)16-17-12(9)15-11(14-7)8-5-3-2-4-6-8/h2-6H,1H3,(H2,13,16). The van der Waals surface area contributed by atoms with Crippen molar-refractivity contribution in [1.82, 2.24) is 14.3 Å². The van der Waals surface area contributed by atoms with Gasteiger partial charge < -0.3 is 5.73 Å². The molecule has 0 saturated heterocycles. The van der Waals surface area contributed by atoms with E-state index in [1.807, 2.05) is 37.3 Å². The summed E-state index contributed by atoms with van der Waals surface area (Å²) in [5.74, 6) is 1.24. The Morgan fingerprint density at radius 3 is 2.65 bits per heavy atom. The zero-order valence-corrected chi connectivity index (χ0v) is 10.0. The molecule has 0 aliphatic heterocycles. The Morgan fingerprint density at radius 2 is 1.88 bits per heavy atom. The van der Waals surface area contributed by atoms with Gasteiger partial charge in [-0.2, -0.15) is 4.37 Å². The van der Waals surface area contributed by atoms with Crippen LogP contribution in [0.25, 0.3) is 21.6 Å². The molecule has 5 heteroatoms. The fraction of sp³-hybridized carbons (Fsp3) is 0.0833. The van der Waals surface area contributed by atoms with E-state index in [0.717, 1.165) is 27.3 Å². The van der Waals surface area contributed by atoms with Gasteiger partial charge in [-0.3, -0.25) is 0 Å². The Morgan fingerprint density at radius 1 is 1.12 bits per heavy atom. The lowest BCUT2D eigenvalue weighted by Gasteiger charge is -2.02. The summed E-state index contributed by atoms with van der Waals surface area (Å²) in [6, 6.07) is 9.90. The Hall–Kier alpha value is -2.01. The van der Waals surface area contributed by atoms with Crippen LogP contribution in [0.1, 0.15) is 5.69 Å². The van der Waals surface area contributed by atoms with Crippen molar-refractivity contribution in [1.29, 1.82) is 0 Å². The molecule has 0 atom stereocenters. The number of aryl methyl sites for hydroxylation is 1. The maximum absolute atomic E-state index is 5.79. The molecule has 0 aliphatic rings. The maximum Gasteiger partial charge on any atom is 0.161 e. The number of nitrogen functional groups attached to an aromatic ring is 1. The number of nitrogens with zero attached hydrogens (tertiary/aromatic N) is 3. The predicted molar refractivity (Wildman–Crippen MR) is 69.8 cm³/mol. The third-order valence-corrected chi connectivity index (χ3v) is 3.33. The molecule has 0 unspecified atom stereocenters. The van der Waals surface area contributed by atoms with Crippen molar-refractivity contribution < 1.29 is 0 Å². The maximum atomic E-state index is 5.79. The monoisotopic (exact) mass is 242 g/mol. The molecule has 0 aliphatic carbocycles. The summed E-state index contributed by atoms with van der Waals surface area (Å²) in [5.41, 5.74) is 7.66. The van der Waals surface area contributed by atoms with Crippen LogP contribution in [0.5, 0.6) is 0 Å². The molecule has 4 nitrogen and oxygen atoms in total. The van der Waals surface area contributed by atoms with Crippen LogP contribution in [0.2, 0.25) is 0 Å². The topological polar surface area (TPSA) is 64.7 Å². The molecule has 0 bridgehead atoms. The average molecular weight is 242 g/mol. The molecular weight excluding hydrogens is 232 g/mol. The first-order chi connectivity index (χ1) is 8.25. The zero-order valence-electron chi connectivity index (χ0n) is 9.21. The number of hydrogen-bond acceptors (Lipinski definition) is 5. The van der Waals surface area contributed by atoms with Crippen LogP contribution in [-0.2, 0) is 0 Å². The molecule has 2 aromatic heterocycles. The van der Waals surface area contributed by atoms with Gasteiger partial charge in [0.15, 0.2) is 5.82 Å². The summed E-state index contributed by atoms with van der Waals surface area (Å²) in [7, 11) is 0. The van der Waals surface area contributed by atoms with E-state index < -0.39 is 0 Å². The fourth-order valence-corrected chi connectivity index (χ4v) is 2.51. The van der Waals surface area contributed by atoms with E-state index in [2.05, 4.69) is 14.3 Å². The van der Waals surface area contributed by atoms with E-state index in [4.69, 9.17) is 5.73 Å². The van der Waals surface area contributed by atoms with Gasteiger partial charge in [-0.25, -0.2) is 9.97 Å². The summed E-state index contributed by atoms with van der Waals surface area (Å²) in [4.78, 5) is 9.81. The Balaban J connectivity index is 2.26. The van der Waals surface area contributed by atoms with E-state index in [-0.39, 0.29) is 0 Å². The van der Waals surface area contributed by atoms with E-state index in [9.17, 15) is 0 Å². The lowest BCUT2D eigenvalue weighted by Crippen LogP contribution is -1.94. The highest BCUT2D eigenvalue weighted by Gasteiger charge is 2.11. The van der Waals surface area contributed by atoms with Gasteiger partial charge in [0.05, 0.1) is 11.1 Å². The van der Waals surface area contributed by atoms with E-state index in [0.29, 0.717) is 5.82 Å². The Kier molecular flexibility index (Phi) is 2.26. The summed E-state index contributed by atoms with van der Waals surface area (Å²) in [6.07, 6.45) is 0. The number of anilines is 1. The summed E-state index contributed by atoms with van der Waals surface area (Å²) < 4.78 is 4.11. The Bertz CT molecular complexity index is 676. The predicted octanol–water partition coefficient (Wildman–Crippen LogP) is 2.64. The fourth-order valence-electron chi connectivity index (χ4n) is 1.76. The normalized spacial score (nSPS) is 10.9. The summed E-state index contributed by atoms with van der Waals surface area (Å²) in [5, 5.41) is 0.870. The molecule has 0 saturated carbocycles. The SMILES string of the molecule is Cc1nc(-c2ccccc2)nc2snc(N)c12. The second-order valence-electron chi connectivity index (χ2n) is 3.75. The quantitative estimate of drug-likeness (QED) is 0.712. The largest absolute Gasteiger partial charge is 0.382 e. The summed E-state index contributed by atoms with van der Waals surface area (Å²) in [6.45, 7) is 1.93. The molecule has 84 valence electrons. The highest BCUT2D eigenvalue weighted by molar-refractivity contribution is 7.13. The number of rotatable bonds is 1. The van der Waals surface area contributed by atoms with Crippen LogP contribution in [0, 0.1) is 6.92 Å². The van der Waals surface area contributed by atoms with Crippen LogP contribution in [0.15, 0.2) is 30.3 Å². The van der Waals surface area contributed by atoms with Gasteiger partial charge in [-0.15, -0.1) is 0 Å². The number of fused-ring (bicyclic) bond motifs is 1. The van der Waals surface area contributed by atoms with E-state index in [1.54, 1.807) is 0 Å². The Labute approximate surface area is 102 Å². The van der Waals surface area contributed by atoms with Crippen LogP contribution in [0.4, 0.5) is 5.82 Å². The van der Waals surface area contributed by atoms with Gasteiger partial charge in [0.2, 0.25) is 0 Å². The van der Waals surface area contributed by atoms with E-state index >= 15 is 0 Å². The first-order valence-corrected chi connectivity index (χ1v) is 5.98. The molecule has 2 heterocycles. The smallest absolute Gasteiger partial charge is 0.161 e. The molecule has 3 aromatic rings. The molecule has 0 spiro atoms. The first kappa shape index (κ1) is 10.2. The van der Waals surface area contributed by atoms with Gasteiger partial charge >= 0.3 is 0 Å². The van der Waals surface area contributed by atoms with Gasteiger partial charge in [0, 0.05) is 5.56 Å². The lowest BCUT2D eigenvalue weighted by atomic mass is 10.2. The van der Waals surface area contributed by atoms with Crippen molar-refractivity contribution in [2.75, 3.05) is 5.73 Å². The highest BCUT2D eigenvalue weighted by Crippen LogP contribution is 2.27. The first-order valence-electron chi connectivity index (χ1n) is 5.20. The van der Waals surface area contributed by atoms with E-state index in [1.165, 1.54) is 11.5 Å². The molecule has 3 rings (SSSR count). The minimum Gasteiger partial charge on any atom is -0.382 e. The van der Waals surface area contributed by atoms with Crippen molar-refractivity contribution in [3.63, 3.8) is 0 Å². The zero-order chi connectivity index (χ0) is 11.8. The van der Waals surface area contributed by atoms with Crippen molar-refractivity contribution in [2.45, 2.75) is 6.92 Å². The summed E-state index contributed by atoms with van der Waals surface area (Å²) >= 11 is 1.31. The molecule has 0 amide bonds. The van der Waals surface area contributed by atoms with Crippen molar-refractivity contribution in [2.24, 2.45) is 0 Å². The highest BCUT2D eigenvalue weighted by atomic mass is 32.1. The number of nitrogens with two attached hydrogens (primary N) is 1. The van der Waals surface area contributed by atoms with Crippen molar-refractivity contribution in [3.05, 3.63) is 36.0 Å². The van der Waals surface area contributed by atoms with Gasteiger partial charge in [-0.1, -0.05) is 30.3 Å². The number of benzene rings is 1. The second-order valence-corrected chi connectivity index (χ2v) is 4.50. The van der Waals surface area contributed by atoms with Crippen LogP contribution < -0.4 is 5.73 Å². The van der Waals surface area contributed by atoms with Crippen LogP contribution in [-0.4, -0.2) is 14.3 Å². The number of hydrogen-bond donors (Lipinski definition) is 1. The number of aromatic nitrogens is 3. The molecule has 1 aromatic carbocycles. The minimum absolute atomic E-state index is 0.516. The van der Waals surface area contributed by atoms with Crippen LogP contribution >= 0.6 is 11.5 Å². The van der Waals surface area contributed by atoms with Gasteiger partial charge in [0.1, 0.15) is 10.6 Å². The average Bonchev–Trinajstić information content (AvgIpc) is 2.73. The van der Waals surface area contributed by atoms with Crippen molar-refractivity contribution in [3.8, 4) is 11.4 Å². The minimum atomic E-state index is 0.516. The van der Waals surface area contributed by atoms with Gasteiger partial charge in [0.25, 0.3) is 0 Å². The molecule has 17 heavy (non-hydrogen) atoms. The molecule has 2 N–H and O–H groups in total. The molecule has 0 fully saturated rings. The third-order valence-electron chi connectivity index (χ3n) is 2.58. The van der Waals surface area contributed by atoms with Crippen molar-refractivity contribution >= 4 is 27.6 Å². The van der Waals surface area contributed by atoms with Crippen LogP contribution in [0.3, 0.4) is 0 Å². The van der Waals surface area contributed by atoms with Gasteiger partial charge in [-0.05, 0) is 18.5 Å². The molecular formula is C12H10N4S.